The van der Waals surface area contributed by atoms with Gasteiger partial charge >= 0.3 is 0 Å². The monoisotopic (exact) mass is 398 g/mol. The van der Waals surface area contributed by atoms with E-state index in [1.807, 2.05) is 38.1 Å². The molecule has 1 aromatic heterocycles. The van der Waals surface area contributed by atoms with Crippen LogP contribution in [0.3, 0.4) is 0 Å². The first-order valence-corrected chi connectivity index (χ1v) is 10.3. The Kier molecular flexibility index (Phi) is 5.67. The van der Waals surface area contributed by atoms with Gasteiger partial charge in [0.1, 0.15) is 11.3 Å². The second-order valence-corrected chi connectivity index (χ2v) is 8.21. The molecular weight excluding hydrogens is 376 g/mol. The summed E-state index contributed by atoms with van der Waals surface area (Å²) in [5.74, 6) is 0.387. The van der Waals surface area contributed by atoms with E-state index in [9.17, 15) is 13.2 Å². The first-order valence-electron chi connectivity index (χ1n) is 8.83. The minimum Gasteiger partial charge on any atom is -0.459 e. The molecule has 1 atom stereocenters. The van der Waals surface area contributed by atoms with Gasteiger partial charge in [-0.3, -0.25) is 4.79 Å². The summed E-state index contributed by atoms with van der Waals surface area (Å²) in [4.78, 5) is 12.6. The van der Waals surface area contributed by atoms with Gasteiger partial charge in [-0.15, -0.1) is 6.58 Å². The number of aryl methyl sites for hydroxylation is 1. The highest BCUT2D eigenvalue weighted by Gasteiger charge is 2.19. The Morgan fingerprint density at radius 2 is 1.86 bits per heavy atom. The zero-order valence-corrected chi connectivity index (χ0v) is 16.5. The van der Waals surface area contributed by atoms with Gasteiger partial charge in [0, 0.05) is 23.1 Å². The zero-order chi connectivity index (χ0) is 20.3. The molecule has 0 aliphatic rings. The van der Waals surface area contributed by atoms with Crippen LogP contribution in [0, 0.1) is 6.92 Å². The first kappa shape index (κ1) is 19.9. The molecule has 2 aromatic carbocycles. The van der Waals surface area contributed by atoms with Crippen molar-refractivity contribution in [2.75, 3.05) is 6.54 Å². The lowest BCUT2D eigenvalue weighted by Crippen LogP contribution is -2.27. The van der Waals surface area contributed by atoms with Crippen molar-refractivity contribution in [3.05, 3.63) is 78.1 Å². The summed E-state index contributed by atoms with van der Waals surface area (Å²) in [5, 5.41) is 3.91. The van der Waals surface area contributed by atoms with Gasteiger partial charge in [0.2, 0.25) is 10.0 Å². The molecular formula is C21H22N2O4S. The minimum absolute atomic E-state index is 0.0899. The zero-order valence-electron chi connectivity index (χ0n) is 15.7. The van der Waals surface area contributed by atoms with Crippen molar-refractivity contribution in [3.8, 4) is 0 Å². The first-order chi connectivity index (χ1) is 13.3. The number of hydrogen-bond acceptors (Lipinski definition) is 4. The molecule has 0 saturated heterocycles. The van der Waals surface area contributed by atoms with E-state index in [1.165, 1.54) is 30.3 Å². The van der Waals surface area contributed by atoms with Gasteiger partial charge in [-0.05, 0) is 44.2 Å². The number of sulfonamides is 1. The predicted octanol–water partition coefficient (Wildman–Crippen LogP) is 3.70. The van der Waals surface area contributed by atoms with Gasteiger partial charge in [-0.1, -0.05) is 24.3 Å². The number of amides is 1. The van der Waals surface area contributed by atoms with Crippen molar-refractivity contribution >= 4 is 26.9 Å². The standard InChI is InChI=1S/C21H22N2O4S/c1-4-13-22-28(25,26)17-11-9-16(10-12-17)21(24)23-15(3)20-14(2)18-7-5-6-8-19(18)27-20/h4-12,15,22H,1,13H2,2-3H3,(H,23,24). The van der Waals surface area contributed by atoms with Gasteiger partial charge in [0.05, 0.1) is 10.9 Å². The number of furan rings is 1. The molecule has 0 radical (unpaired) electrons. The number of carbonyl (C=O) groups excluding carboxylic acids is 1. The van der Waals surface area contributed by atoms with E-state index >= 15 is 0 Å². The molecule has 1 amide bonds. The number of benzene rings is 2. The van der Waals surface area contributed by atoms with Crippen molar-refractivity contribution in [3.63, 3.8) is 0 Å². The highest BCUT2D eigenvalue weighted by molar-refractivity contribution is 7.89. The predicted molar refractivity (Wildman–Crippen MR) is 109 cm³/mol. The third kappa shape index (κ3) is 4.00. The maximum absolute atomic E-state index is 12.6. The number of hydrogen-bond donors (Lipinski definition) is 2. The van der Waals surface area contributed by atoms with Gasteiger partial charge < -0.3 is 9.73 Å². The lowest BCUT2D eigenvalue weighted by molar-refractivity contribution is 0.0935. The Bertz CT molecular complexity index is 1120. The number of fused-ring (bicyclic) bond motifs is 1. The summed E-state index contributed by atoms with van der Waals surface area (Å²) in [6, 6.07) is 13.1. The van der Waals surface area contributed by atoms with E-state index in [1.54, 1.807) is 0 Å². The molecule has 0 saturated carbocycles. The summed E-state index contributed by atoms with van der Waals surface area (Å²) in [6.07, 6.45) is 1.46. The summed E-state index contributed by atoms with van der Waals surface area (Å²) >= 11 is 0. The topological polar surface area (TPSA) is 88.4 Å². The Morgan fingerprint density at radius 1 is 1.18 bits per heavy atom. The summed E-state index contributed by atoms with van der Waals surface area (Å²) in [5.41, 5.74) is 2.12. The minimum atomic E-state index is -3.62. The molecule has 3 aromatic rings. The second kappa shape index (κ2) is 8.00. The van der Waals surface area contributed by atoms with E-state index in [2.05, 4.69) is 16.6 Å². The molecule has 0 aliphatic heterocycles. The SMILES string of the molecule is C=CCNS(=O)(=O)c1ccc(C(=O)NC(C)c2oc3ccccc3c2C)cc1. The Morgan fingerprint density at radius 3 is 2.50 bits per heavy atom. The van der Waals surface area contributed by atoms with E-state index in [-0.39, 0.29) is 23.4 Å². The number of rotatable bonds is 7. The molecule has 6 nitrogen and oxygen atoms in total. The van der Waals surface area contributed by atoms with Gasteiger partial charge in [0.15, 0.2) is 0 Å². The lowest BCUT2D eigenvalue weighted by atomic mass is 10.1. The van der Waals surface area contributed by atoms with Gasteiger partial charge in [-0.25, -0.2) is 13.1 Å². The second-order valence-electron chi connectivity index (χ2n) is 6.45. The van der Waals surface area contributed by atoms with Crippen LogP contribution in [0.4, 0.5) is 0 Å². The highest BCUT2D eigenvalue weighted by Crippen LogP contribution is 2.29. The fourth-order valence-corrected chi connectivity index (χ4v) is 3.99. The van der Waals surface area contributed by atoms with E-state index in [0.717, 1.165) is 16.5 Å². The Hall–Kier alpha value is -2.90. The smallest absolute Gasteiger partial charge is 0.251 e. The Balaban J connectivity index is 1.75. The Labute approximate surface area is 164 Å². The number of carbonyl (C=O) groups is 1. The van der Waals surface area contributed by atoms with E-state index in [0.29, 0.717) is 11.3 Å². The van der Waals surface area contributed by atoms with Crippen molar-refractivity contribution in [2.24, 2.45) is 0 Å². The van der Waals surface area contributed by atoms with Crippen LogP contribution in [-0.4, -0.2) is 20.9 Å². The molecule has 2 N–H and O–H groups in total. The fraction of sp³-hybridized carbons (Fsp3) is 0.190. The molecule has 3 rings (SSSR count). The maximum atomic E-state index is 12.6. The van der Waals surface area contributed by atoms with Gasteiger partial charge in [-0.2, -0.15) is 0 Å². The number of nitrogens with one attached hydrogen (secondary N) is 2. The maximum Gasteiger partial charge on any atom is 0.251 e. The molecule has 0 bridgehead atoms. The van der Waals surface area contributed by atoms with Crippen LogP contribution in [0.15, 0.2) is 70.5 Å². The third-order valence-corrected chi connectivity index (χ3v) is 5.91. The molecule has 1 heterocycles. The van der Waals surface area contributed by atoms with Crippen LogP contribution >= 0.6 is 0 Å². The fourth-order valence-electron chi connectivity index (χ4n) is 2.99. The third-order valence-electron chi connectivity index (χ3n) is 4.47. The summed E-state index contributed by atoms with van der Waals surface area (Å²) < 4.78 is 32.4. The van der Waals surface area contributed by atoms with Crippen LogP contribution in [0.5, 0.6) is 0 Å². The van der Waals surface area contributed by atoms with Gasteiger partial charge in [0.25, 0.3) is 5.91 Å². The quantitative estimate of drug-likeness (QED) is 0.594. The average Bonchev–Trinajstić information content (AvgIpc) is 3.03. The van der Waals surface area contributed by atoms with Crippen LogP contribution in [0.2, 0.25) is 0 Å². The highest BCUT2D eigenvalue weighted by atomic mass is 32.2. The molecule has 0 fully saturated rings. The molecule has 1 unspecified atom stereocenters. The van der Waals surface area contributed by atoms with Crippen molar-refractivity contribution in [2.45, 2.75) is 24.8 Å². The van der Waals surface area contributed by atoms with E-state index in [4.69, 9.17) is 4.42 Å². The molecule has 146 valence electrons. The van der Waals surface area contributed by atoms with Crippen LogP contribution in [0.25, 0.3) is 11.0 Å². The van der Waals surface area contributed by atoms with Crippen molar-refractivity contribution in [1.82, 2.24) is 10.0 Å². The number of para-hydroxylation sites is 1. The average molecular weight is 398 g/mol. The van der Waals surface area contributed by atoms with Crippen LogP contribution in [-0.2, 0) is 10.0 Å². The summed E-state index contributed by atoms with van der Waals surface area (Å²) in [7, 11) is -3.62. The van der Waals surface area contributed by atoms with E-state index < -0.39 is 10.0 Å². The van der Waals surface area contributed by atoms with Crippen LogP contribution in [0.1, 0.15) is 34.6 Å². The molecule has 28 heavy (non-hydrogen) atoms. The largest absolute Gasteiger partial charge is 0.459 e. The molecule has 0 spiro atoms. The normalized spacial score (nSPS) is 12.6. The van der Waals surface area contributed by atoms with Crippen molar-refractivity contribution in [1.29, 1.82) is 0 Å². The molecule has 7 heteroatoms. The molecule has 0 aliphatic carbocycles. The van der Waals surface area contributed by atoms with Crippen LogP contribution < -0.4 is 10.0 Å². The lowest BCUT2D eigenvalue weighted by Gasteiger charge is -2.13. The van der Waals surface area contributed by atoms with Crippen molar-refractivity contribution < 1.29 is 17.6 Å². The summed E-state index contributed by atoms with van der Waals surface area (Å²) in [6.45, 7) is 7.42.